The summed E-state index contributed by atoms with van der Waals surface area (Å²) in [7, 11) is -2.07. The SMILES string of the molecule is C[C@@H]1C[C@@H](C=O)O[C@]2(C1)C[C@@H](C)C[C@@H]([C@@H](O[Si](C)(C)C(C)(C)C)[C@@H](C)COCc1ccccc1)O2. The highest BCUT2D eigenvalue weighted by atomic mass is 28.4. The average Bonchev–Trinajstić information content (AvgIpc) is 2.76. The van der Waals surface area contributed by atoms with Gasteiger partial charge in [0, 0.05) is 18.8 Å². The first-order chi connectivity index (χ1) is 16.3. The largest absolute Gasteiger partial charge is 0.411 e. The van der Waals surface area contributed by atoms with Gasteiger partial charge in [0.1, 0.15) is 12.4 Å². The Hall–Kier alpha value is -1.05. The molecule has 0 unspecified atom stereocenters. The number of aldehydes is 1. The van der Waals surface area contributed by atoms with Crippen molar-refractivity contribution in [1.82, 2.24) is 0 Å². The predicted molar refractivity (Wildman–Crippen MR) is 143 cm³/mol. The second kappa shape index (κ2) is 11.6. The van der Waals surface area contributed by atoms with Crippen LogP contribution >= 0.6 is 0 Å². The fourth-order valence-corrected chi connectivity index (χ4v) is 6.78. The monoisotopic (exact) mass is 504 g/mol. The molecule has 1 spiro atoms. The molecule has 2 aliphatic heterocycles. The first kappa shape index (κ1) is 28.5. The summed E-state index contributed by atoms with van der Waals surface area (Å²) in [5.74, 6) is 0.263. The summed E-state index contributed by atoms with van der Waals surface area (Å²) >= 11 is 0. The Morgan fingerprint density at radius 3 is 2.31 bits per heavy atom. The van der Waals surface area contributed by atoms with E-state index in [1.807, 2.05) is 18.2 Å². The number of hydrogen-bond donors (Lipinski definition) is 0. The number of ether oxygens (including phenoxy) is 3. The standard InChI is InChI=1S/C29H48O5Si/c1-21-14-25(18-30)32-29(16-21)17-22(2)15-26(33-29)27(34-35(7,8)28(4,5)6)23(3)19-31-20-24-12-10-9-11-13-24/h9-13,18,21-23,25-27H,14-17,19-20H2,1-8H3/t21-,22+,23+,25+,26+,27+,29+/m1/s1. The van der Waals surface area contributed by atoms with E-state index in [4.69, 9.17) is 18.6 Å². The summed E-state index contributed by atoms with van der Waals surface area (Å²) in [5, 5.41) is 0.0896. The molecule has 7 atom stereocenters. The third-order valence-electron chi connectivity index (χ3n) is 8.13. The number of carbonyl (C=O) groups is 1. The van der Waals surface area contributed by atoms with Crippen molar-refractivity contribution in [2.45, 2.75) is 116 Å². The van der Waals surface area contributed by atoms with Crippen LogP contribution in [0.1, 0.15) is 72.8 Å². The van der Waals surface area contributed by atoms with Gasteiger partial charge in [-0.3, -0.25) is 0 Å². The van der Waals surface area contributed by atoms with Gasteiger partial charge in [0.05, 0.1) is 25.4 Å². The minimum absolute atomic E-state index is 0.0896. The van der Waals surface area contributed by atoms with Crippen LogP contribution in [0.5, 0.6) is 0 Å². The van der Waals surface area contributed by atoms with Crippen molar-refractivity contribution in [2.24, 2.45) is 17.8 Å². The lowest BCUT2D eigenvalue weighted by atomic mass is 9.81. The number of hydrogen-bond acceptors (Lipinski definition) is 5. The molecule has 3 rings (SSSR count). The van der Waals surface area contributed by atoms with Gasteiger partial charge in [-0.25, -0.2) is 0 Å². The minimum Gasteiger partial charge on any atom is -0.411 e. The molecule has 2 saturated heterocycles. The van der Waals surface area contributed by atoms with Crippen molar-refractivity contribution in [3.05, 3.63) is 35.9 Å². The molecule has 198 valence electrons. The lowest BCUT2D eigenvalue weighted by molar-refractivity contribution is -0.333. The van der Waals surface area contributed by atoms with Crippen molar-refractivity contribution in [1.29, 1.82) is 0 Å². The van der Waals surface area contributed by atoms with Crippen LogP contribution in [0.2, 0.25) is 18.1 Å². The third-order valence-corrected chi connectivity index (χ3v) is 12.6. The molecule has 0 N–H and O–H groups in total. The molecule has 0 saturated carbocycles. The molecule has 6 heteroatoms. The lowest BCUT2D eigenvalue weighted by Gasteiger charge is -2.52. The topological polar surface area (TPSA) is 54.0 Å². The van der Waals surface area contributed by atoms with E-state index in [1.54, 1.807) is 0 Å². The number of carbonyl (C=O) groups excluding carboxylic acids is 1. The Kier molecular flexibility index (Phi) is 9.41. The second-order valence-electron chi connectivity index (χ2n) is 12.8. The second-order valence-corrected chi connectivity index (χ2v) is 17.5. The fraction of sp³-hybridized carbons (Fsp3) is 0.759. The molecule has 35 heavy (non-hydrogen) atoms. The Morgan fingerprint density at radius 2 is 1.71 bits per heavy atom. The highest BCUT2D eigenvalue weighted by molar-refractivity contribution is 6.74. The third kappa shape index (κ3) is 7.48. The van der Waals surface area contributed by atoms with Crippen LogP contribution in [0, 0.1) is 17.8 Å². The van der Waals surface area contributed by atoms with E-state index in [0.717, 1.165) is 32.0 Å². The highest BCUT2D eigenvalue weighted by Gasteiger charge is 2.51. The van der Waals surface area contributed by atoms with Crippen LogP contribution in [0.15, 0.2) is 30.3 Å². The number of benzene rings is 1. The van der Waals surface area contributed by atoms with Crippen molar-refractivity contribution in [3.8, 4) is 0 Å². The zero-order valence-corrected chi connectivity index (χ0v) is 24.2. The molecule has 1 aromatic rings. The van der Waals surface area contributed by atoms with Crippen molar-refractivity contribution >= 4 is 14.6 Å². The van der Waals surface area contributed by atoms with Crippen molar-refractivity contribution in [2.75, 3.05) is 6.61 Å². The maximum atomic E-state index is 11.7. The van der Waals surface area contributed by atoms with Gasteiger partial charge in [-0.1, -0.05) is 71.9 Å². The summed E-state index contributed by atoms with van der Waals surface area (Å²) in [6.45, 7) is 19.3. The van der Waals surface area contributed by atoms with Gasteiger partial charge < -0.3 is 23.4 Å². The Bertz CT molecular complexity index is 803. The predicted octanol–water partition coefficient (Wildman–Crippen LogP) is 6.76. The highest BCUT2D eigenvalue weighted by Crippen LogP contribution is 2.46. The van der Waals surface area contributed by atoms with Crippen LogP contribution in [-0.4, -0.2) is 45.3 Å². The van der Waals surface area contributed by atoms with Gasteiger partial charge >= 0.3 is 0 Å². The molecular weight excluding hydrogens is 456 g/mol. The molecular formula is C29H48O5Si. The minimum atomic E-state index is -2.07. The van der Waals surface area contributed by atoms with Gasteiger partial charge in [0.15, 0.2) is 14.1 Å². The summed E-state index contributed by atoms with van der Waals surface area (Å²) in [4.78, 5) is 11.7. The lowest BCUT2D eigenvalue weighted by Crippen LogP contribution is -2.58. The molecule has 0 bridgehead atoms. The Morgan fingerprint density at radius 1 is 1.09 bits per heavy atom. The maximum absolute atomic E-state index is 11.7. The van der Waals surface area contributed by atoms with E-state index in [1.165, 1.54) is 5.56 Å². The molecule has 2 aliphatic rings. The first-order valence-corrected chi connectivity index (χ1v) is 16.4. The molecule has 0 amide bonds. The van der Waals surface area contributed by atoms with E-state index in [-0.39, 0.29) is 23.2 Å². The molecule has 2 heterocycles. The Labute approximate surface area is 214 Å². The zero-order chi connectivity index (χ0) is 25.9. The fourth-order valence-electron chi connectivity index (χ4n) is 5.36. The van der Waals surface area contributed by atoms with E-state index in [9.17, 15) is 4.79 Å². The van der Waals surface area contributed by atoms with Crippen molar-refractivity contribution < 1.29 is 23.4 Å². The van der Waals surface area contributed by atoms with Crippen LogP contribution in [-0.2, 0) is 30.0 Å². The van der Waals surface area contributed by atoms with Crippen LogP contribution in [0.3, 0.4) is 0 Å². The smallest absolute Gasteiger partial charge is 0.192 e. The summed E-state index contributed by atoms with van der Waals surface area (Å²) in [6, 6.07) is 10.3. The van der Waals surface area contributed by atoms with E-state index in [0.29, 0.717) is 25.0 Å². The van der Waals surface area contributed by atoms with E-state index >= 15 is 0 Å². The molecule has 0 aromatic heterocycles. The van der Waals surface area contributed by atoms with Gasteiger partial charge in [-0.05, 0) is 48.4 Å². The van der Waals surface area contributed by atoms with Crippen molar-refractivity contribution in [3.63, 3.8) is 0 Å². The first-order valence-electron chi connectivity index (χ1n) is 13.4. The molecule has 1 aromatic carbocycles. The van der Waals surface area contributed by atoms with Gasteiger partial charge in [0.25, 0.3) is 0 Å². The van der Waals surface area contributed by atoms with Gasteiger partial charge in [-0.15, -0.1) is 0 Å². The maximum Gasteiger partial charge on any atom is 0.192 e. The van der Waals surface area contributed by atoms with Crippen LogP contribution < -0.4 is 0 Å². The molecule has 0 aliphatic carbocycles. The number of rotatable bonds is 9. The van der Waals surface area contributed by atoms with Gasteiger partial charge in [-0.2, -0.15) is 0 Å². The quantitative estimate of drug-likeness (QED) is 0.275. The van der Waals surface area contributed by atoms with E-state index < -0.39 is 20.2 Å². The molecule has 5 nitrogen and oxygen atoms in total. The van der Waals surface area contributed by atoms with Crippen LogP contribution in [0.4, 0.5) is 0 Å². The van der Waals surface area contributed by atoms with E-state index in [2.05, 4.69) is 66.8 Å². The summed E-state index contributed by atoms with van der Waals surface area (Å²) < 4.78 is 26.4. The van der Waals surface area contributed by atoms with Crippen LogP contribution in [0.25, 0.3) is 0 Å². The molecule has 0 radical (unpaired) electrons. The summed E-state index contributed by atoms with van der Waals surface area (Å²) in [5.41, 5.74) is 1.17. The van der Waals surface area contributed by atoms with Gasteiger partial charge in [0.2, 0.25) is 0 Å². The molecule has 2 fully saturated rings. The summed E-state index contributed by atoms with van der Waals surface area (Å²) in [6.07, 6.45) is 3.69. The normalized spacial score (nSPS) is 31.8. The Balaban J connectivity index is 1.80. The average molecular weight is 505 g/mol. The zero-order valence-electron chi connectivity index (χ0n) is 23.2.